The first kappa shape index (κ1) is 14.6. The summed E-state index contributed by atoms with van der Waals surface area (Å²) < 4.78 is 0.881. The first-order chi connectivity index (χ1) is 10.2. The third kappa shape index (κ3) is 3.47. The van der Waals surface area contributed by atoms with Gasteiger partial charge in [0.2, 0.25) is 5.91 Å². The highest BCUT2D eigenvalue weighted by Gasteiger charge is 2.39. The first-order valence-electron chi connectivity index (χ1n) is 7.31. The Morgan fingerprint density at radius 1 is 1.29 bits per heavy atom. The van der Waals surface area contributed by atoms with Crippen molar-refractivity contribution in [1.82, 2.24) is 10.4 Å². The Morgan fingerprint density at radius 2 is 2.00 bits per heavy atom. The number of rotatable bonds is 3. The Labute approximate surface area is 133 Å². The minimum absolute atomic E-state index is 0.239. The van der Waals surface area contributed by atoms with Crippen LogP contribution in [-0.4, -0.2) is 29.5 Å². The van der Waals surface area contributed by atoms with Gasteiger partial charge in [-0.2, -0.15) is 0 Å². The van der Waals surface area contributed by atoms with Crippen LogP contribution in [0.5, 0.6) is 0 Å². The van der Waals surface area contributed by atoms with Crippen LogP contribution in [0, 0.1) is 0 Å². The Bertz CT molecular complexity index is 536. The van der Waals surface area contributed by atoms with Crippen molar-refractivity contribution in [2.75, 3.05) is 13.1 Å². The quantitative estimate of drug-likeness (QED) is 0.852. The van der Waals surface area contributed by atoms with Crippen molar-refractivity contribution in [2.24, 2.45) is 0 Å². The molecule has 21 heavy (non-hydrogen) atoms. The summed E-state index contributed by atoms with van der Waals surface area (Å²) in [6.07, 6.45) is 5.14. The van der Waals surface area contributed by atoms with Gasteiger partial charge in [-0.1, -0.05) is 30.3 Å². The SMILES string of the molecule is O=C(CCc1ccccc1)N1CCC2(C=C(Br)NO2)CC1. The zero-order chi connectivity index (χ0) is 14.7. The first-order valence-corrected chi connectivity index (χ1v) is 8.10. The van der Waals surface area contributed by atoms with E-state index >= 15 is 0 Å². The summed E-state index contributed by atoms with van der Waals surface area (Å²) in [5.74, 6) is 0.239. The normalized spacial score (nSPS) is 20.2. The van der Waals surface area contributed by atoms with Gasteiger partial charge in [0.25, 0.3) is 0 Å². The average Bonchev–Trinajstić information content (AvgIpc) is 2.87. The number of carbonyl (C=O) groups excluding carboxylic acids is 1. The van der Waals surface area contributed by atoms with Crippen LogP contribution in [0.2, 0.25) is 0 Å². The molecule has 2 aliphatic heterocycles. The number of likely N-dealkylation sites (tertiary alicyclic amines) is 1. The lowest BCUT2D eigenvalue weighted by atomic mass is 9.91. The minimum atomic E-state index is -0.241. The molecular formula is C16H19BrN2O2. The lowest BCUT2D eigenvalue weighted by Gasteiger charge is -2.36. The molecule has 1 aromatic rings. The summed E-state index contributed by atoms with van der Waals surface area (Å²) in [7, 11) is 0. The average molecular weight is 351 g/mol. The molecule has 1 fully saturated rings. The van der Waals surface area contributed by atoms with E-state index in [1.165, 1.54) is 5.56 Å². The molecule has 3 rings (SSSR count). The third-order valence-electron chi connectivity index (χ3n) is 4.17. The highest BCUT2D eigenvalue weighted by molar-refractivity contribution is 9.11. The molecule has 0 unspecified atom stereocenters. The molecule has 1 N–H and O–H groups in total. The van der Waals surface area contributed by atoms with Gasteiger partial charge < -0.3 is 4.90 Å². The topological polar surface area (TPSA) is 41.6 Å². The summed E-state index contributed by atoms with van der Waals surface area (Å²) in [5.41, 5.74) is 3.82. The molecule has 1 saturated heterocycles. The number of hydrogen-bond acceptors (Lipinski definition) is 3. The molecule has 0 aliphatic carbocycles. The number of carbonyl (C=O) groups is 1. The van der Waals surface area contributed by atoms with Gasteiger partial charge in [-0.15, -0.1) is 0 Å². The van der Waals surface area contributed by atoms with Gasteiger partial charge in [0.15, 0.2) is 0 Å². The number of aryl methyl sites for hydroxylation is 1. The van der Waals surface area contributed by atoms with Crippen LogP contribution in [0.15, 0.2) is 41.0 Å². The van der Waals surface area contributed by atoms with Crippen LogP contribution >= 0.6 is 15.9 Å². The maximum absolute atomic E-state index is 12.3. The number of hydroxylamine groups is 1. The number of hydrogen-bond donors (Lipinski definition) is 1. The number of piperidine rings is 1. The molecule has 0 radical (unpaired) electrons. The molecule has 2 heterocycles. The summed E-state index contributed by atoms with van der Waals surface area (Å²) in [6.45, 7) is 1.51. The van der Waals surface area contributed by atoms with Crippen molar-refractivity contribution in [3.63, 3.8) is 0 Å². The highest BCUT2D eigenvalue weighted by atomic mass is 79.9. The van der Waals surface area contributed by atoms with E-state index in [-0.39, 0.29) is 11.5 Å². The van der Waals surface area contributed by atoms with Gasteiger partial charge in [-0.05, 0) is 34.0 Å². The van der Waals surface area contributed by atoms with Gasteiger partial charge in [0.05, 0.1) is 0 Å². The standard InChI is InChI=1S/C16H19BrN2O2/c17-14-12-16(21-18-14)8-10-19(11-9-16)15(20)7-6-13-4-2-1-3-5-13/h1-5,12,18H,6-11H2. The monoisotopic (exact) mass is 350 g/mol. The molecule has 112 valence electrons. The van der Waals surface area contributed by atoms with Crippen LogP contribution in [0.1, 0.15) is 24.8 Å². The summed E-state index contributed by atoms with van der Waals surface area (Å²) >= 11 is 3.39. The fourth-order valence-corrected chi connectivity index (χ4v) is 3.37. The largest absolute Gasteiger partial charge is 0.342 e. The smallest absolute Gasteiger partial charge is 0.222 e. The maximum atomic E-state index is 12.3. The second kappa shape index (κ2) is 6.20. The van der Waals surface area contributed by atoms with Crippen LogP contribution in [0.25, 0.3) is 0 Å². The number of halogens is 1. The van der Waals surface area contributed by atoms with Crippen molar-refractivity contribution < 1.29 is 9.63 Å². The molecule has 0 atom stereocenters. The number of nitrogens with one attached hydrogen (secondary N) is 1. The lowest BCUT2D eigenvalue weighted by Crippen LogP contribution is -2.46. The predicted octanol–water partition coefficient (Wildman–Crippen LogP) is 2.75. The molecule has 0 aromatic heterocycles. The maximum Gasteiger partial charge on any atom is 0.222 e. The van der Waals surface area contributed by atoms with Gasteiger partial charge in [0, 0.05) is 32.4 Å². The summed E-state index contributed by atoms with van der Waals surface area (Å²) in [4.78, 5) is 19.9. The Morgan fingerprint density at radius 3 is 2.62 bits per heavy atom. The van der Waals surface area contributed by atoms with E-state index in [1.807, 2.05) is 23.1 Å². The molecule has 4 nitrogen and oxygen atoms in total. The molecule has 1 amide bonds. The molecule has 0 saturated carbocycles. The van der Waals surface area contributed by atoms with Crippen molar-refractivity contribution >= 4 is 21.8 Å². The van der Waals surface area contributed by atoms with Gasteiger partial charge >= 0.3 is 0 Å². The van der Waals surface area contributed by atoms with Gasteiger partial charge in [-0.25, -0.2) is 0 Å². The van der Waals surface area contributed by atoms with Crippen LogP contribution in [-0.2, 0) is 16.1 Å². The molecule has 1 aromatic carbocycles. The Balaban J connectivity index is 1.49. The van der Waals surface area contributed by atoms with Crippen molar-refractivity contribution in [2.45, 2.75) is 31.3 Å². The van der Waals surface area contributed by atoms with E-state index in [1.54, 1.807) is 0 Å². The highest BCUT2D eigenvalue weighted by Crippen LogP contribution is 2.33. The number of nitrogens with zero attached hydrogens (tertiary/aromatic N) is 1. The number of amides is 1. The lowest BCUT2D eigenvalue weighted by molar-refractivity contribution is -0.137. The molecule has 1 spiro atoms. The third-order valence-corrected chi connectivity index (χ3v) is 4.57. The summed E-state index contributed by atoms with van der Waals surface area (Å²) in [6, 6.07) is 10.2. The zero-order valence-corrected chi connectivity index (χ0v) is 13.4. The summed E-state index contributed by atoms with van der Waals surface area (Å²) in [5, 5.41) is 0. The Kier molecular flexibility index (Phi) is 4.31. The molecule has 2 aliphatic rings. The minimum Gasteiger partial charge on any atom is -0.342 e. The van der Waals surface area contributed by atoms with Crippen LogP contribution in [0.4, 0.5) is 0 Å². The van der Waals surface area contributed by atoms with E-state index in [4.69, 9.17) is 4.84 Å². The van der Waals surface area contributed by atoms with E-state index in [0.717, 1.165) is 37.0 Å². The predicted molar refractivity (Wildman–Crippen MR) is 84.5 cm³/mol. The van der Waals surface area contributed by atoms with Crippen LogP contribution < -0.4 is 5.48 Å². The van der Waals surface area contributed by atoms with Gasteiger partial charge in [0.1, 0.15) is 10.2 Å². The molecule has 0 bridgehead atoms. The van der Waals surface area contributed by atoms with E-state index in [9.17, 15) is 4.79 Å². The van der Waals surface area contributed by atoms with Crippen LogP contribution in [0.3, 0.4) is 0 Å². The zero-order valence-electron chi connectivity index (χ0n) is 11.8. The Hall–Kier alpha value is -1.33. The molecular weight excluding hydrogens is 332 g/mol. The van der Waals surface area contributed by atoms with E-state index < -0.39 is 0 Å². The van der Waals surface area contributed by atoms with Crippen molar-refractivity contribution in [3.05, 3.63) is 46.6 Å². The fraction of sp³-hybridized carbons (Fsp3) is 0.438. The fourth-order valence-electron chi connectivity index (χ4n) is 2.88. The second-order valence-electron chi connectivity index (χ2n) is 5.63. The number of benzene rings is 1. The van der Waals surface area contributed by atoms with E-state index in [2.05, 4.69) is 39.6 Å². The van der Waals surface area contributed by atoms with E-state index in [0.29, 0.717) is 6.42 Å². The molecule has 5 heteroatoms. The second-order valence-corrected chi connectivity index (χ2v) is 6.48. The van der Waals surface area contributed by atoms with Crippen molar-refractivity contribution in [1.29, 1.82) is 0 Å². The van der Waals surface area contributed by atoms with Gasteiger partial charge in [-0.3, -0.25) is 15.1 Å². The van der Waals surface area contributed by atoms with Crippen molar-refractivity contribution in [3.8, 4) is 0 Å².